The van der Waals surface area contributed by atoms with E-state index in [1.54, 1.807) is 12.1 Å². The number of ether oxygens (including phenoxy) is 1. The van der Waals surface area contributed by atoms with Gasteiger partial charge < -0.3 is 4.74 Å². The van der Waals surface area contributed by atoms with Crippen LogP contribution in [0.25, 0.3) is 0 Å². The molecule has 0 aliphatic rings. The molecule has 0 saturated carbocycles. The molecule has 0 atom stereocenters. The van der Waals surface area contributed by atoms with Crippen molar-refractivity contribution in [3.8, 4) is 0 Å². The summed E-state index contributed by atoms with van der Waals surface area (Å²) in [6.45, 7) is 4.39. The largest absolute Gasteiger partial charge is 0.373 e. The van der Waals surface area contributed by atoms with Crippen molar-refractivity contribution in [1.82, 2.24) is 0 Å². The van der Waals surface area contributed by atoms with Crippen molar-refractivity contribution < 1.29 is 9.13 Å². The molecule has 0 amide bonds. The molecule has 0 heterocycles. The summed E-state index contributed by atoms with van der Waals surface area (Å²) in [5.41, 5.74) is 0.807. The van der Waals surface area contributed by atoms with Crippen LogP contribution in [0.1, 0.15) is 5.56 Å². The Hall–Kier alpha value is -0.670. The Bertz CT molecular complexity index is 299. The van der Waals surface area contributed by atoms with Crippen LogP contribution in [0.4, 0.5) is 4.39 Å². The molecule has 1 rings (SSSR count). The van der Waals surface area contributed by atoms with E-state index >= 15 is 0 Å². The van der Waals surface area contributed by atoms with Crippen molar-refractivity contribution >= 4 is 15.9 Å². The molecular formula is C10H10BrFO. The van der Waals surface area contributed by atoms with Crippen LogP contribution < -0.4 is 0 Å². The molecule has 0 fully saturated rings. The Morgan fingerprint density at radius 2 is 2.31 bits per heavy atom. The highest BCUT2D eigenvalue weighted by atomic mass is 79.9. The van der Waals surface area contributed by atoms with E-state index in [9.17, 15) is 4.39 Å². The zero-order valence-corrected chi connectivity index (χ0v) is 8.68. The lowest BCUT2D eigenvalue weighted by Crippen LogP contribution is -1.94. The quantitative estimate of drug-likeness (QED) is 0.584. The topological polar surface area (TPSA) is 9.23 Å². The minimum Gasteiger partial charge on any atom is -0.373 e. The summed E-state index contributed by atoms with van der Waals surface area (Å²) in [6.07, 6.45) is 1.66. The van der Waals surface area contributed by atoms with Gasteiger partial charge in [0.25, 0.3) is 0 Å². The van der Waals surface area contributed by atoms with Gasteiger partial charge in [0.05, 0.1) is 13.2 Å². The molecule has 0 aromatic heterocycles. The standard InChI is InChI=1S/C10H10BrFO/c1-2-5-13-7-8-6-9(12)3-4-10(8)11/h2-4,6H,1,5,7H2. The number of benzene rings is 1. The highest BCUT2D eigenvalue weighted by Gasteiger charge is 2.00. The number of hydrogen-bond acceptors (Lipinski definition) is 1. The molecule has 0 aliphatic carbocycles. The van der Waals surface area contributed by atoms with Gasteiger partial charge in [0.2, 0.25) is 0 Å². The van der Waals surface area contributed by atoms with Gasteiger partial charge in [-0.05, 0) is 23.8 Å². The third kappa shape index (κ3) is 3.28. The molecular weight excluding hydrogens is 235 g/mol. The minimum absolute atomic E-state index is 0.250. The van der Waals surface area contributed by atoms with E-state index in [0.717, 1.165) is 10.0 Å². The van der Waals surface area contributed by atoms with Crippen LogP contribution in [-0.2, 0) is 11.3 Å². The smallest absolute Gasteiger partial charge is 0.123 e. The molecule has 1 aromatic rings. The first-order valence-corrected chi connectivity index (χ1v) is 4.66. The Balaban J connectivity index is 2.64. The van der Waals surface area contributed by atoms with Gasteiger partial charge in [-0.2, -0.15) is 0 Å². The number of rotatable bonds is 4. The predicted molar refractivity (Wildman–Crippen MR) is 54.0 cm³/mol. The molecule has 0 aliphatic heterocycles. The van der Waals surface area contributed by atoms with Crippen LogP contribution in [0.15, 0.2) is 35.3 Å². The Kier molecular flexibility index (Phi) is 4.12. The molecule has 0 spiro atoms. The van der Waals surface area contributed by atoms with Crippen molar-refractivity contribution in [3.63, 3.8) is 0 Å². The van der Waals surface area contributed by atoms with Gasteiger partial charge in [-0.3, -0.25) is 0 Å². The van der Waals surface area contributed by atoms with Gasteiger partial charge in [-0.15, -0.1) is 6.58 Å². The second-order valence-electron chi connectivity index (χ2n) is 2.54. The lowest BCUT2D eigenvalue weighted by Gasteiger charge is -2.04. The average Bonchev–Trinajstić information content (AvgIpc) is 2.11. The molecule has 0 bridgehead atoms. The van der Waals surface area contributed by atoms with E-state index in [4.69, 9.17) is 4.74 Å². The molecule has 0 saturated heterocycles. The van der Waals surface area contributed by atoms with Crippen molar-refractivity contribution in [2.75, 3.05) is 6.61 Å². The SMILES string of the molecule is C=CCOCc1cc(F)ccc1Br. The van der Waals surface area contributed by atoms with Gasteiger partial charge >= 0.3 is 0 Å². The van der Waals surface area contributed by atoms with E-state index in [0.29, 0.717) is 13.2 Å². The molecule has 1 nitrogen and oxygen atoms in total. The monoisotopic (exact) mass is 244 g/mol. The van der Waals surface area contributed by atoms with Crippen LogP contribution in [0.3, 0.4) is 0 Å². The van der Waals surface area contributed by atoms with Crippen molar-refractivity contribution in [1.29, 1.82) is 0 Å². The highest BCUT2D eigenvalue weighted by Crippen LogP contribution is 2.18. The summed E-state index contributed by atoms with van der Waals surface area (Å²) < 4.78 is 18.8. The molecule has 0 N–H and O–H groups in total. The van der Waals surface area contributed by atoms with E-state index in [1.807, 2.05) is 0 Å². The third-order valence-electron chi connectivity index (χ3n) is 1.50. The molecule has 0 radical (unpaired) electrons. The van der Waals surface area contributed by atoms with E-state index in [-0.39, 0.29) is 5.82 Å². The second-order valence-corrected chi connectivity index (χ2v) is 3.39. The Labute approximate surface area is 85.3 Å². The lowest BCUT2D eigenvalue weighted by atomic mass is 10.2. The maximum Gasteiger partial charge on any atom is 0.123 e. The predicted octanol–water partition coefficient (Wildman–Crippen LogP) is 3.29. The van der Waals surface area contributed by atoms with Crippen LogP contribution in [0.2, 0.25) is 0 Å². The van der Waals surface area contributed by atoms with E-state index < -0.39 is 0 Å². The maximum absolute atomic E-state index is 12.8. The maximum atomic E-state index is 12.8. The average molecular weight is 245 g/mol. The van der Waals surface area contributed by atoms with Gasteiger partial charge in [0.1, 0.15) is 5.82 Å². The van der Waals surface area contributed by atoms with Crippen molar-refractivity contribution in [3.05, 3.63) is 46.7 Å². The van der Waals surface area contributed by atoms with Crippen molar-refractivity contribution in [2.24, 2.45) is 0 Å². The fourth-order valence-corrected chi connectivity index (χ4v) is 1.27. The molecule has 1 aromatic carbocycles. The second kappa shape index (κ2) is 5.14. The highest BCUT2D eigenvalue weighted by molar-refractivity contribution is 9.10. The van der Waals surface area contributed by atoms with Gasteiger partial charge in [0, 0.05) is 4.47 Å². The lowest BCUT2D eigenvalue weighted by molar-refractivity contribution is 0.148. The van der Waals surface area contributed by atoms with Gasteiger partial charge in [0.15, 0.2) is 0 Å². The van der Waals surface area contributed by atoms with Gasteiger partial charge in [-0.25, -0.2) is 4.39 Å². The summed E-state index contributed by atoms with van der Waals surface area (Å²) in [6, 6.07) is 4.52. The van der Waals surface area contributed by atoms with Gasteiger partial charge in [-0.1, -0.05) is 22.0 Å². The minimum atomic E-state index is -0.250. The summed E-state index contributed by atoms with van der Waals surface area (Å²) in [7, 11) is 0. The normalized spacial score (nSPS) is 10.0. The summed E-state index contributed by atoms with van der Waals surface area (Å²) in [5.74, 6) is -0.250. The first-order valence-electron chi connectivity index (χ1n) is 3.86. The zero-order chi connectivity index (χ0) is 9.68. The fourth-order valence-electron chi connectivity index (χ4n) is 0.906. The summed E-state index contributed by atoms with van der Waals surface area (Å²) in [4.78, 5) is 0. The molecule has 70 valence electrons. The van der Waals surface area contributed by atoms with Crippen LogP contribution in [0, 0.1) is 5.82 Å². The molecule has 0 unspecified atom stereocenters. The first-order chi connectivity index (χ1) is 6.24. The molecule has 3 heteroatoms. The summed E-state index contributed by atoms with van der Waals surface area (Å²) in [5, 5.41) is 0. The third-order valence-corrected chi connectivity index (χ3v) is 2.27. The van der Waals surface area contributed by atoms with Crippen LogP contribution >= 0.6 is 15.9 Å². The Morgan fingerprint density at radius 3 is 3.00 bits per heavy atom. The number of hydrogen-bond donors (Lipinski definition) is 0. The van der Waals surface area contributed by atoms with Crippen molar-refractivity contribution in [2.45, 2.75) is 6.61 Å². The molecule has 13 heavy (non-hydrogen) atoms. The Morgan fingerprint density at radius 1 is 1.54 bits per heavy atom. The zero-order valence-electron chi connectivity index (χ0n) is 7.09. The van der Waals surface area contributed by atoms with E-state index in [1.165, 1.54) is 12.1 Å². The summed E-state index contributed by atoms with van der Waals surface area (Å²) >= 11 is 3.31. The van der Waals surface area contributed by atoms with Crippen LogP contribution in [-0.4, -0.2) is 6.61 Å². The number of halogens is 2. The fraction of sp³-hybridized carbons (Fsp3) is 0.200. The first kappa shape index (κ1) is 10.4. The van der Waals surface area contributed by atoms with Crippen LogP contribution in [0.5, 0.6) is 0 Å². The van der Waals surface area contributed by atoms with E-state index in [2.05, 4.69) is 22.5 Å².